The maximum atomic E-state index is 5.57. The average molecular weight is 200 g/mol. The van der Waals surface area contributed by atoms with Crippen molar-refractivity contribution in [2.45, 2.75) is 52.0 Å². The van der Waals surface area contributed by atoms with Crippen molar-refractivity contribution in [3.63, 3.8) is 0 Å². The van der Waals surface area contributed by atoms with Crippen molar-refractivity contribution in [3.05, 3.63) is 0 Å². The molecule has 1 fully saturated rings. The molecule has 0 bridgehead atoms. The zero-order valence-electron chi connectivity index (χ0n) is 8.81. The molecule has 1 rings (SSSR count). The summed E-state index contributed by atoms with van der Waals surface area (Å²) in [4.78, 5) is 0. The maximum Gasteiger partial charge on any atom is 0.164 e. The molecule has 0 aromatic heterocycles. The highest BCUT2D eigenvalue weighted by Crippen LogP contribution is 2.43. The molecule has 0 aromatic rings. The summed E-state index contributed by atoms with van der Waals surface area (Å²) in [6.45, 7) is 6.76. The van der Waals surface area contributed by atoms with E-state index in [9.17, 15) is 0 Å². The summed E-state index contributed by atoms with van der Waals surface area (Å²) in [5.74, 6) is 0. The number of thiocarbonyl (C=S) groups is 1. The molecular formula is C10H20N2S. The predicted octanol–water partition coefficient (Wildman–Crippen LogP) is 2.18. The third-order valence-corrected chi connectivity index (χ3v) is 3.36. The number of hydrogen-bond acceptors (Lipinski definition) is 1. The van der Waals surface area contributed by atoms with Crippen LogP contribution >= 0.6 is 12.2 Å². The minimum Gasteiger partial charge on any atom is -0.376 e. The van der Waals surface area contributed by atoms with Gasteiger partial charge in [0.1, 0.15) is 0 Å². The fourth-order valence-electron chi connectivity index (χ4n) is 2.28. The fourth-order valence-corrected chi connectivity index (χ4v) is 2.47. The maximum absolute atomic E-state index is 5.57. The Morgan fingerprint density at radius 2 is 1.77 bits per heavy atom. The summed E-state index contributed by atoms with van der Waals surface area (Å²) in [6.07, 6.45) is 4.95. The molecule has 1 aliphatic carbocycles. The zero-order chi connectivity index (χ0) is 10.1. The van der Waals surface area contributed by atoms with E-state index in [2.05, 4.69) is 26.1 Å². The highest BCUT2D eigenvalue weighted by molar-refractivity contribution is 7.80. The molecule has 0 saturated heterocycles. The lowest BCUT2D eigenvalue weighted by atomic mass is 9.72. The molecule has 1 aliphatic rings. The van der Waals surface area contributed by atoms with Gasteiger partial charge in [-0.15, -0.1) is 0 Å². The molecule has 0 atom stereocenters. The van der Waals surface area contributed by atoms with Crippen LogP contribution < -0.4 is 11.1 Å². The Morgan fingerprint density at radius 1 is 1.31 bits per heavy atom. The summed E-state index contributed by atoms with van der Waals surface area (Å²) >= 11 is 4.94. The van der Waals surface area contributed by atoms with Gasteiger partial charge in [-0.1, -0.05) is 33.6 Å². The molecule has 0 radical (unpaired) electrons. The van der Waals surface area contributed by atoms with Crippen molar-refractivity contribution >= 4 is 17.3 Å². The van der Waals surface area contributed by atoms with E-state index in [0.717, 1.165) is 0 Å². The first kappa shape index (κ1) is 10.8. The van der Waals surface area contributed by atoms with Crippen LogP contribution in [0.5, 0.6) is 0 Å². The standard InChI is InChI=1S/C10H20N2S/c1-9(2,3)10(12-8(11)13)6-4-5-7-10/h4-7H2,1-3H3,(H3,11,12,13). The van der Waals surface area contributed by atoms with E-state index in [4.69, 9.17) is 18.0 Å². The quantitative estimate of drug-likeness (QED) is 0.637. The van der Waals surface area contributed by atoms with Crippen molar-refractivity contribution in [1.82, 2.24) is 5.32 Å². The molecule has 1 saturated carbocycles. The second-order valence-electron chi connectivity index (χ2n) is 5.03. The van der Waals surface area contributed by atoms with Gasteiger partial charge in [0.15, 0.2) is 5.11 Å². The van der Waals surface area contributed by atoms with E-state index in [0.29, 0.717) is 5.11 Å². The minimum absolute atomic E-state index is 0.138. The summed E-state index contributed by atoms with van der Waals surface area (Å²) in [5.41, 5.74) is 5.94. The highest BCUT2D eigenvalue weighted by Gasteiger charge is 2.44. The number of nitrogens with two attached hydrogens (primary N) is 1. The molecule has 13 heavy (non-hydrogen) atoms. The van der Waals surface area contributed by atoms with E-state index in [1.165, 1.54) is 25.7 Å². The normalized spacial score (nSPS) is 21.5. The van der Waals surface area contributed by atoms with Gasteiger partial charge in [0.05, 0.1) is 0 Å². The Hall–Kier alpha value is -0.310. The van der Waals surface area contributed by atoms with Gasteiger partial charge >= 0.3 is 0 Å². The molecule has 0 heterocycles. The summed E-state index contributed by atoms with van der Waals surface area (Å²) in [5, 5.41) is 3.75. The number of nitrogens with one attached hydrogen (secondary N) is 1. The second-order valence-corrected chi connectivity index (χ2v) is 5.47. The lowest BCUT2D eigenvalue weighted by Gasteiger charge is -2.43. The average Bonchev–Trinajstić information content (AvgIpc) is 2.33. The van der Waals surface area contributed by atoms with Gasteiger partial charge < -0.3 is 11.1 Å². The third-order valence-electron chi connectivity index (χ3n) is 3.26. The molecule has 0 amide bonds. The Labute approximate surface area is 86.3 Å². The fraction of sp³-hybridized carbons (Fsp3) is 0.900. The van der Waals surface area contributed by atoms with Gasteiger partial charge in [-0.2, -0.15) is 0 Å². The highest BCUT2D eigenvalue weighted by atomic mass is 32.1. The van der Waals surface area contributed by atoms with Crippen LogP contribution in [0.4, 0.5) is 0 Å². The molecule has 0 aromatic carbocycles. The Morgan fingerprint density at radius 3 is 2.08 bits per heavy atom. The van der Waals surface area contributed by atoms with E-state index >= 15 is 0 Å². The van der Waals surface area contributed by atoms with E-state index in [1.807, 2.05) is 0 Å². The van der Waals surface area contributed by atoms with Crippen LogP contribution in [0.1, 0.15) is 46.5 Å². The molecule has 0 spiro atoms. The van der Waals surface area contributed by atoms with Crippen LogP contribution in [-0.4, -0.2) is 10.7 Å². The first-order valence-corrected chi connectivity index (χ1v) is 5.36. The van der Waals surface area contributed by atoms with Gasteiger partial charge in [0.2, 0.25) is 0 Å². The summed E-state index contributed by atoms with van der Waals surface area (Å²) in [7, 11) is 0. The molecule has 0 aliphatic heterocycles. The summed E-state index contributed by atoms with van der Waals surface area (Å²) < 4.78 is 0. The van der Waals surface area contributed by atoms with Gasteiger partial charge in [-0.05, 0) is 30.5 Å². The Balaban J connectivity index is 2.81. The summed E-state index contributed by atoms with van der Waals surface area (Å²) in [6, 6.07) is 0. The van der Waals surface area contributed by atoms with Crippen LogP contribution in [-0.2, 0) is 0 Å². The monoisotopic (exact) mass is 200 g/mol. The molecule has 0 unspecified atom stereocenters. The van der Waals surface area contributed by atoms with Crippen LogP contribution in [0, 0.1) is 5.41 Å². The van der Waals surface area contributed by atoms with Crippen molar-refractivity contribution < 1.29 is 0 Å². The van der Waals surface area contributed by atoms with Crippen molar-refractivity contribution in [2.75, 3.05) is 0 Å². The van der Waals surface area contributed by atoms with Crippen molar-refractivity contribution in [2.24, 2.45) is 11.1 Å². The Bertz CT molecular complexity index is 199. The first-order valence-electron chi connectivity index (χ1n) is 4.95. The minimum atomic E-state index is 0.138. The van der Waals surface area contributed by atoms with Gasteiger partial charge in [-0.3, -0.25) is 0 Å². The van der Waals surface area contributed by atoms with E-state index in [-0.39, 0.29) is 11.0 Å². The molecule has 2 nitrogen and oxygen atoms in total. The lowest BCUT2D eigenvalue weighted by Crippen LogP contribution is -2.56. The van der Waals surface area contributed by atoms with Crippen molar-refractivity contribution in [3.8, 4) is 0 Å². The van der Waals surface area contributed by atoms with Gasteiger partial charge in [-0.25, -0.2) is 0 Å². The predicted molar refractivity (Wildman–Crippen MR) is 60.6 cm³/mol. The molecule has 3 heteroatoms. The van der Waals surface area contributed by atoms with E-state index < -0.39 is 0 Å². The third kappa shape index (κ3) is 2.13. The largest absolute Gasteiger partial charge is 0.376 e. The zero-order valence-corrected chi connectivity index (χ0v) is 9.63. The van der Waals surface area contributed by atoms with Crippen LogP contribution in [0.2, 0.25) is 0 Å². The van der Waals surface area contributed by atoms with Gasteiger partial charge in [0, 0.05) is 5.54 Å². The molecular weight excluding hydrogens is 180 g/mol. The van der Waals surface area contributed by atoms with Crippen LogP contribution in [0.25, 0.3) is 0 Å². The topological polar surface area (TPSA) is 38.0 Å². The lowest BCUT2D eigenvalue weighted by molar-refractivity contribution is 0.168. The van der Waals surface area contributed by atoms with E-state index in [1.54, 1.807) is 0 Å². The molecule has 76 valence electrons. The molecule has 3 N–H and O–H groups in total. The SMILES string of the molecule is CC(C)(C)C1(NC(N)=S)CCCC1. The Kier molecular flexibility index (Phi) is 2.85. The second kappa shape index (κ2) is 3.45. The van der Waals surface area contributed by atoms with Crippen LogP contribution in [0.15, 0.2) is 0 Å². The smallest absolute Gasteiger partial charge is 0.164 e. The number of rotatable bonds is 1. The van der Waals surface area contributed by atoms with Gasteiger partial charge in [0.25, 0.3) is 0 Å². The first-order chi connectivity index (χ1) is 5.87. The van der Waals surface area contributed by atoms with Crippen molar-refractivity contribution in [1.29, 1.82) is 0 Å². The number of hydrogen-bond donors (Lipinski definition) is 2. The van der Waals surface area contributed by atoms with Crippen LogP contribution in [0.3, 0.4) is 0 Å².